The quantitative estimate of drug-likeness (QED) is 0.345. The van der Waals surface area contributed by atoms with Crippen molar-refractivity contribution in [3.8, 4) is 34.0 Å². The number of pyridine rings is 1. The van der Waals surface area contributed by atoms with Gasteiger partial charge in [-0.25, -0.2) is 9.37 Å². The number of hydrogen-bond acceptors (Lipinski definition) is 7. The maximum Gasteiger partial charge on any atom is 0.193 e. The molecule has 9 heteroatoms. The van der Waals surface area contributed by atoms with E-state index in [-0.39, 0.29) is 36.7 Å². The lowest BCUT2D eigenvalue weighted by molar-refractivity contribution is 0.00794. The largest absolute Gasteiger partial charge is 0.490 e. The summed E-state index contributed by atoms with van der Waals surface area (Å²) in [4.78, 5) is 7.66. The molecule has 0 bridgehead atoms. The third-order valence-electron chi connectivity index (χ3n) is 7.73. The topological polar surface area (TPSA) is 97.9 Å². The number of rotatable bonds is 6. The van der Waals surface area contributed by atoms with Crippen LogP contribution in [0.5, 0.6) is 11.6 Å². The molecule has 0 spiro atoms. The molecule has 0 amide bonds. The molecule has 3 aliphatic rings. The second-order valence-corrected chi connectivity index (χ2v) is 10.4. The predicted octanol–water partition coefficient (Wildman–Crippen LogP) is 4.07. The highest BCUT2D eigenvalue weighted by molar-refractivity contribution is 5.81. The van der Waals surface area contributed by atoms with Gasteiger partial charge in [0.25, 0.3) is 0 Å². The van der Waals surface area contributed by atoms with E-state index in [0.717, 1.165) is 42.8 Å². The van der Waals surface area contributed by atoms with Gasteiger partial charge in [0.15, 0.2) is 17.8 Å². The molecule has 2 aromatic carbocycles. The number of fused-ring (bicyclic) bond motifs is 2. The minimum Gasteiger partial charge on any atom is -0.490 e. The molecule has 3 fully saturated rings. The van der Waals surface area contributed by atoms with Crippen molar-refractivity contribution in [2.75, 3.05) is 26.3 Å². The number of ether oxygens (including phenoxy) is 4. The maximum atomic E-state index is 15.1. The van der Waals surface area contributed by atoms with E-state index in [0.29, 0.717) is 29.1 Å². The van der Waals surface area contributed by atoms with E-state index in [2.05, 4.69) is 15.3 Å². The maximum absolute atomic E-state index is 15.1. The van der Waals surface area contributed by atoms with Gasteiger partial charge < -0.3 is 34.4 Å². The Bertz CT molecular complexity index is 1450. The van der Waals surface area contributed by atoms with Crippen LogP contribution in [0.2, 0.25) is 0 Å². The van der Waals surface area contributed by atoms with Gasteiger partial charge in [-0.2, -0.15) is 0 Å². The smallest absolute Gasteiger partial charge is 0.193 e. The first-order valence-electron chi connectivity index (χ1n) is 13.5. The van der Waals surface area contributed by atoms with Gasteiger partial charge in [0.05, 0.1) is 24.2 Å². The Morgan fingerprint density at radius 2 is 1.54 bits per heavy atom. The van der Waals surface area contributed by atoms with Crippen molar-refractivity contribution in [3.63, 3.8) is 0 Å². The molecule has 0 radical (unpaired) electrons. The Morgan fingerprint density at radius 3 is 2.31 bits per heavy atom. The Morgan fingerprint density at radius 1 is 0.846 bits per heavy atom. The average molecular weight is 532 g/mol. The fraction of sp³-hybridized carbons (Fsp3) is 0.367. The van der Waals surface area contributed by atoms with E-state index in [1.165, 1.54) is 6.07 Å². The standard InChI is InChI=1S/C30H30FN3O5/c31-22-13-23-24(14-27(33-23)39-26-16-37-29-25(35)15-36-30(26)29)34-28(22)19-3-1-17(2-4-19)18-5-7-20(8-6-18)38-21-9-11-32-12-10-21/h1-8,13-14,21,25-26,29-30,32-33,35H,9-12,15-16H2/t25-,26-,29-,30-/m1/s1. The van der Waals surface area contributed by atoms with Crippen LogP contribution in [-0.4, -0.2) is 71.9 Å². The molecule has 0 saturated carbocycles. The molecule has 4 aromatic rings. The van der Waals surface area contributed by atoms with E-state index in [4.69, 9.17) is 18.9 Å². The molecule has 202 valence electrons. The number of aromatic nitrogens is 2. The molecule has 3 aliphatic heterocycles. The molecule has 0 unspecified atom stereocenters. The molecule has 8 nitrogen and oxygen atoms in total. The van der Waals surface area contributed by atoms with Crippen LogP contribution >= 0.6 is 0 Å². The van der Waals surface area contributed by atoms with Crippen LogP contribution in [0.4, 0.5) is 4.39 Å². The lowest BCUT2D eigenvalue weighted by atomic mass is 10.0. The summed E-state index contributed by atoms with van der Waals surface area (Å²) in [7, 11) is 0. The zero-order valence-corrected chi connectivity index (χ0v) is 21.3. The van der Waals surface area contributed by atoms with E-state index in [9.17, 15) is 5.11 Å². The fourth-order valence-corrected chi connectivity index (χ4v) is 5.63. The summed E-state index contributed by atoms with van der Waals surface area (Å²) < 4.78 is 38.5. The fourth-order valence-electron chi connectivity index (χ4n) is 5.63. The molecule has 7 rings (SSSR count). The Balaban J connectivity index is 1.06. The number of piperidine rings is 1. The third-order valence-corrected chi connectivity index (χ3v) is 7.73. The van der Waals surface area contributed by atoms with Gasteiger partial charge in [0.2, 0.25) is 0 Å². The molecule has 39 heavy (non-hydrogen) atoms. The number of nitrogens with zero attached hydrogens (tertiary/aromatic N) is 1. The lowest BCUT2D eigenvalue weighted by Crippen LogP contribution is -2.34. The summed E-state index contributed by atoms with van der Waals surface area (Å²) in [5, 5.41) is 13.3. The summed E-state index contributed by atoms with van der Waals surface area (Å²) in [6.45, 7) is 2.53. The van der Waals surface area contributed by atoms with Crippen molar-refractivity contribution in [3.05, 3.63) is 66.5 Å². The molecule has 3 saturated heterocycles. The number of nitrogens with one attached hydrogen (secondary N) is 2. The summed E-state index contributed by atoms with van der Waals surface area (Å²) in [5.41, 5.74) is 4.19. The Hall–Kier alpha value is -3.50. The number of benzene rings is 2. The van der Waals surface area contributed by atoms with E-state index >= 15 is 4.39 Å². The van der Waals surface area contributed by atoms with Crippen molar-refractivity contribution in [2.45, 2.75) is 43.4 Å². The number of hydrogen-bond donors (Lipinski definition) is 3. The van der Waals surface area contributed by atoms with Gasteiger partial charge in [-0.05, 0) is 49.2 Å². The molecular weight excluding hydrogens is 501 g/mol. The summed E-state index contributed by atoms with van der Waals surface area (Å²) >= 11 is 0. The third kappa shape index (κ3) is 4.87. The first kappa shape index (κ1) is 24.5. The Labute approximate surface area is 225 Å². The Kier molecular flexibility index (Phi) is 6.44. The number of aliphatic hydroxyl groups excluding tert-OH is 1. The minimum atomic E-state index is -0.645. The van der Waals surface area contributed by atoms with Crippen LogP contribution < -0.4 is 14.8 Å². The summed E-state index contributed by atoms with van der Waals surface area (Å²) in [6, 6.07) is 19.0. The lowest BCUT2D eigenvalue weighted by Gasteiger charge is -2.23. The molecule has 3 N–H and O–H groups in total. The van der Waals surface area contributed by atoms with Gasteiger partial charge in [-0.15, -0.1) is 0 Å². The molecule has 4 atom stereocenters. The van der Waals surface area contributed by atoms with Gasteiger partial charge in [-0.1, -0.05) is 36.4 Å². The summed E-state index contributed by atoms with van der Waals surface area (Å²) in [6.07, 6.45) is 0.590. The zero-order valence-electron chi connectivity index (χ0n) is 21.3. The van der Waals surface area contributed by atoms with Crippen LogP contribution in [0.25, 0.3) is 33.4 Å². The first-order chi connectivity index (χ1) is 19.1. The molecular formula is C30H30FN3O5. The highest BCUT2D eigenvalue weighted by atomic mass is 19.1. The van der Waals surface area contributed by atoms with E-state index in [1.54, 1.807) is 6.07 Å². The predicted molar refractivity (Wildman–Crippen MR) is 143 cm³/mol. The zero-order chi connectivity index (χ0) is 26.3. The van der Waals surface area contributed by atoms with E-state index in [1.807, 2.05) is 48.5 Å². The van der Waals surface area contributed by atoms with E-state index < -0.39 is 11.9 Å². The van der Waals surface area contributed by atoms with Crippen LogP contribution in [-0.2, 0) is 9.47 Å². The molecule has 0 aliphatic carbocycles. The van der Waals surface area contributed by atoms with Gasteiger partial charge >= 0.3 is 0 Å². The summed E-state index contributed by atoms with van der Waals surface area (Å²) in [5.74, 6) is 0.913. The SMILES string of the molecule is O[C@@H]1CO[C@H]2[C@@H]1OC[C@H]2Oc1cc2nc(-c3ccc(-c4ccc(OC5CCNCC5)cc4)cc3)c(F)cc2[nH]1. The van der Waals surface area contributed by atoms with Crippen molar-refractivity contribution in [1.29, 1.82) is 0 Å². The molecule has 2 aromatic heterocycles. The normalized spacial score (nSPS) is 25.2. The van der Waals surface area contributed by atoms with Crippen molar-refractivity contribution in [1.82, 2.24) is 15.3 Å². The van der Waals surface area contributed by atoms with Crippen LogP contribution in [0.3, 0.4) is 0 Å². The van der Waals surface area contributed by atoms with Crippen molar-refractivity contribution in [2.24, 2.45) is 0 Å². The van der Waals surface area contributed by atoms with Crippen LogP contribution in [0.1, 0.15) is 12.8 Å². The molecule has 5 heterocycles. The highest BCUT2D eigenvalue weighted by Crippen LogP contribution is 2.33. The average Bonchev–Trinajstić information content (AvgIpc) is 3.66. The first-order valence-corrected chi connectivity index (χ1v) is 13.5. The number of H-pyrrole nitrogens is 1. The minimum absolute atomic E-state index is 0.231. The number of halogens is 1. The monoisotopic (exact) mass is 531 g/mol. The van der Waals surface area contributed by atoms with Crippen molar-refractivity contribution < 1.29 is 28.4 Å². The highest BCUT2D eigenvalue weighted by Gasteiger charge is 2.48. The van der Waals surface area contributed by atoms with Gasteiger partial charge in [-0.3, -0.25) is 0 Å². The van der Waals surface area contributed by atoms with Crippen molar-refractivity contribution >= 4 is 11.0 Å². The van der Waals surface area contributed by atoms with Gasteiger partial charge in [0.1, 0.15) is 35.9 Å². The second kappa shape index (κ2) is 10.2. The number of aliphatic hydroxyl groups is 1. The van der Waals surface area contributed by atoms with Gasteiger partial charge in [0, 0.05) is 17.7 Å². The number of aromatic amines is 1. The second-order valence-electron chi connectivity index (χ2n) is 10.4. The van der Waals surface area contributed by atoms with Crippen LogP contribution in [0.15, 0.2) is 60.7 Å². The van der Waals surface area contributed by atoms with Crippen LogP contribution in [0, 0.1) is 5.82 Å².